The zero-order chi connectivity index (χ0) is 21.0. The Morgan fingerprint density at radius 1 is 1.31 bits per heavy atom. The Kier molecular flexibility index (Phi) is 6.33. The third kappa shape index (κ3) is 5.41. The fraction of sp³-hybridized carbons (Fsp3) is 0.529. The summed E-state index contributed by atoms with van der Waals surface area (Å²) in [5.41, 5.74) is 1.24. The molecule has 2 atom stereocenters. The van der Waals surface area contributed by atoms with E-state index in [1.54, 1.807) is 12.4 Å². The molecule has 0 saturated carbocycles. The Bertz CT molecular complexity index is 816. The number of rotatable bonds is 3. The third-order valence-corrected chi connectivity index (χ3v) is 4.63. The lowest BCUT2D eigenvalue weighted by Gasteiger charge is -2.37. The topological polar surface area (TPSA) is 96.6 Å². The zero-order valence-corrected chi connectivity index (χ0v) is 15.7. The molecule has 2 saturated heterocycles. The number of hydrogen-bond acceptors (Lipinski definition) is 7. The van der Waals surface area contributed by atoms with Crippen LogP contribution < -0.4 is 4.90 Å². The average molecular weight is 414 g/mol. The quantitative estimate of drug-likeness (QED) is 0.793. The number of hydrogen-bond donors (Lipinski definition) is 1. The summed E-state index contributed by atoms with van der Waals surface area (Å²) < 4.78 is 39.6. The molecule has 4 rings (SSSR count). The van der Waals surface area contributed by atoms with Gasteiger partial charge in [-0.2, -0.15) is 18.3 Å². The molecule has 9 nitrogen and oxygen atoms in total. The highest BCUT2D eigenvalue weighted by molar-refractivity contribution is 5.73. The lowest BCUT2D eigenvalue weighted by molar-refractivity contribution is -0.192. The lowest BCUT2D eigenvalue weighted by atomic mass is 10.1. The minimum atomic E-state index is -5.08. The number of carboxylic acids is 1. The molecule has 29 heavy (non-hydrogen) atoms. The highest BCUT2D eigenvalue weighted by atomic mass is 19.4. The first kappa shape index (κ1) is 21.0. The first-order valence-electron chi connectivity index (χ1n) is 8.88. The zero-order valence-electron chi connectivity index (χ0n) is 15.7. The van der Waals surface area contributed by atoms with Crippen molar-refractivity contribution < 1.29 is 27.8 Å². The number of carboxylic acid groups (broad SMARTS) is 1. The van der Waals surface area contributed by atoms with Crippen molar-refractivity contribution in [3.8, 4) is 0 Å². The number of likely N-dealkylation sites (tertiary alicyclic amines) is 1. The van der Waals surface area contributed by atoms with Crippen LogP contribution in [0.15, 0.2) is 31.0 Å². The minimum Gasteiger partial charge on any atom is -0.475 e. The van der Waals surface area contributed by atoms with Crippen LogP contribution >= 0.6 is 0 Å². The highest BCUT2D eigenvalue weighted by Gasteiger charge is 2.40. The molecule has 158 valence electrons. The molecular weight excluding hydrogens is 393 g/mol. The summed E-state index contributed by atoms with van der Waals surface area (Å²) in [5.74, 6) is -1.81. The molecule has 0 bridgehead atoms. The summed E-state index contributed by atoms with van der Waals surface area (Å²) >= 11 is 0. The summed E-state index contributed by atoms with van der Waals surface area (Å²) in [4.78, 5) is 22.3. The van der Waals surface area contributed by atoms with Crippen LogP contribution in [0.2, 0.25) is 0 Å². The third-order valence-electron chi connectivity index (χ3n) is 4.63. The van der Waals surface area contributed by atoms with Gasteiger partial charge >= 0.3 is 12.1 Å². The number of aliphatic carboxylic acids is 1. The van der Waals surface area contributed by atoms with Crippen LogP contribution in [0.25, 0.3) is 0 Å². The molecule has 0 radical (unpaired) electrons. The molecule has 1 N–H and O–H groups in total. The van der Waals surface area contributed by atoms with Gasteiger partial charge in [0.2, 0.25) is 0 Å². The fourth-order valence-electron chi connectivity index (χ4n) is 3.43. The van der Waals surface area contributed by atoms with Gasteiger partial charge in [-0.05, 0) is 0 Å². The van der Waals surface area contributed by atoms with Crippen LogP contribution in [0.4, 0.5) is 19.0 Å². The molecule has 0 unspecified atom stereocenters. The first-order valence-corrected chi connectivity index (χ1v) is 8.88. The molecule has 2 fully saturated rings. The summed E-state index contributed by atoms with van der Waals surface area (Å²) in [6, 6.07) is 0.349. The van der Waals surface area contributed by atoms with E-state index in [1.807, 2.05) is 24.1 Å². The molecular formula is C17H21F3N6O3. The van der Waals surface area contributed by atoms with E-state index in [0.717, 1.165) is 38.6 Å². The Balaban J connectivity index is 0.000000298. The van der Waals surface area contributed by atoms with Gasteiger partial charge < -0.3 is 14.7 Å². The van der Waals surface area contributed by atoms with Crippen molar-refractivity contribution in [1.29, 1.82) is 0 Å². The Labute approximate surface area is 164 Å². The lowest BCUT2D eigenvalue weighted by Crippen LogP contribution is -2.51. The van der Waals surface area contributed by atoms with E-state index in [2.05, 4.69) is 31.1 Å². The van der Waals surface area contributed by atoms with E-state index in [0.29, 0.717) is 6.04 Å². The van der Waals surface area contributed by atoms with Crippen molar-refractivity contribution in [2.45, 2.75) is 24.9 Å². The van der Waals surface area contributed by atoms with E-state index >= 15 is 0 Å². The van der Waals surface area contributed by atoms with Crippen molar-refractivity contribution in [1.82, 2.24) is 24.6 Å². The predicted octanol–water partition coefficient (Wildman–Crippen LogP) is 0.933. The van der Waals surface area contributed by atoms with E-state index < -0.39 is 12.1 Å². The maximum Gasteiger partial charge on any atom is 0.490 e. The molecule has 12 heteroatoms. The molecule has 0 aromatic carbocycles. The normalized spacial score (nSPS) is 22.0. The van der Waals surface area contributed by atoms with E-state index in [4.69, 9.17) is 14.6 Å². The van der Waals surface area contributed by atoms with Gasteiger partial charge in [-0.3, -0.25) is 14.6 Å². The number of nitrogens with zero attached hydrogens (tertiary/aromatic N) is 6. The summed E-state index contributed by atoms with van der Waals surface area (Å²) in [6.07, 6.45) is 4.47. The van der Waals surface area contributed by atoms with Gasteiger partial charge in [0.1, 0.15) is 5.82 Å². The average Bonchev–Trinajstić information content (AvgIpc) is 3.27. The van der Waals surface area contributed by atoms with Crippen LogP contribution in [-0.4, -0.2) is 80.3 Å². The van der Waals surface area contributed by atoms with Crippen LogP contribution in [0.1, 0.15) is 5.56 Å². The fourth-order valence-corrected chi connectivity index (χ4v) is 3.43. The number of aromatic nitrogens is 4. The SMILES string of the molecule is Cn1cc(CN2C[C@@H]3OCCN(c4cnccn4)[C@@H]3C2)cn1.O=C(O)C(F)(F)F. The number of fused-ring (bicyclic) bond motifs is 1. The number of anilines is 1. The Morgan fingerprint density at radius 3 is 2.66 bits per heavy atom. The maximum absolute atomic E-state index is 10.6. The monoisotopic (exact) mass is 414 g/mol. The number of alkyl halides is 3. The molecule has 0 amide bonds. The van der Waals surface area contributed by atoms with Crippen molar-refractivity contribution in [3.05, 3.63) is 36.5 Å². The summed E-state index contributed by atoms with van der Waals surface area (Å²) in [7, 11) is 1.95. The molecule has 2 aromatic heterocycles. The first-order chi connectivity index (χ1) is 13.7. The predicted molar refractivity (Wildman–Crippen MR) is 95.1 cm³/mol. The van der Waals surface area contributed by atoms with Crippen LogP contribution in [-0.2, 0) is 23.1 Å². The van der Waals surface area contributed by atoms with Gasteiger partial charge in [0, 0.05) is 57.4 Å². The molecule has 2 aromatic rings. The highest BCUT2D eigenvalue weighted by Crippen LogP contribution is 2.27. The van der Waals surface area contributed by atoms with Gasteiger partial charge in [0.15, 0.2) is 0 Å². The second-order valence-corrected chi connectivity index (χ2v) is 6.75. The van der Waals surface area contributed by atoms with Gasteiger partial charge in [-0.15, -0.1) is 0 Å². The van der Waals surface area contributed by atoms with E-state index in [-0.39, 0.29) is 6.10 Å². The number of carbonyl (C=O) groups is 1. The second-order valence-electron chi connectivity index (χ2n) is 6.75. The number of halogens is 3. The van der Waals surface area contributed by atoms with Crippen molar-refractivity contribution in [3.63, 3.8) is 0 Å². The smallest absolute Gasteiger partial charge is 0.475 e. The largest absolute Gasteiger partial charge is 0.490 e. The Hall–Kier alpha value is -2.73. The van der Waals surface area contributed by atoms with Crippen molar-refractivity contribution in [2.24, 2.45) is 7.05 Å². The summed E-state index contributed by atoms with van der Waals surface area (Å²) in [5, 5.41) is 11.4. The van der Waals surface area contributed by atoms with Crippen LogP contribution in [0, 0.1) is 0 Å². The van der Waals surface area contributed by atoms with Gasteiger partial charge in [0.05, 0.1) is 31.1 Å². The number of ether oxygens (including phenoxy) is 1. The van der Waals surface area contributed by atoms with Crippen molar-refractivity contribution >= 4 is 11.8 Å². The van der Waals surface area contributed by atoms with Gasteiger partial charge in [-0.25, -0.2) is 9.78 Å². The van der Waals surface area contributed by atoms with Gasteiger partial charge in [-0.1, -0.05) is 0 Å². The molecule has 0 aliphatic carbocycles. The second kappa shape index (κ2) is 8.74. The number of morpholine rings is 1. The van der Waals surface area contributed by atoms with Crippen LogP contribution in [0.3, 0.4) is 0 Å². The standard InChI is InChI=1S/C15H20N6O.C2HF3O2/c1-19-8-12(6-18-19)9-20-10-13-14(11-20)22-5-4-21(13)15-7-16-2-3-17-15;3-2(4,5)1(6)7/h2-3,6-8,13-14H,4-5,9-11H2,1H3;(H,6,7)/t13-,14+;/m1./s1. The maximum atomic E-state index is 10.6. The molecule has 0 spiro atoms. The van der Waals surface area contributed by atoms with Gasteiger partial charge in [0.25, 0.3) is 0 Å². The molecule has 2 aliphatic rings. The van der Waals surface area contributed by atoms with Crippen molar-refractivity contribution in [2.75, 3.05) is 31.1 Å². The Morgan fingerprint density at radius 2 is 2.07 bits per heavy atom. The molecule has 2 aliphatic heterocycles. The minimum absolute atomic E-state index is 0.243. The van der Waals surface area contributed by atoms with Crippen LogP contribution in [0.5, 0.6) is 0 Å². The van der Waals surface area contributed by atoms with E-state index in [9.17, 15) is 13.2 Å². The molecule has 4 heterocycles. The summed E-state index contributed by atoms with van der Waals surface area (Å²) in [6.45, 7) is 4.48. The number of aryl methyl sites for hydroxylation is 1. The van der Waals surface area contributed by atoms with E-state index in [1.165, 1.54) is 5.56 Å².